The molecular weight excluding hydrogens is 260 g/mol. The molecule has 1 N–H and O–H groups in total. The van der Waals surface area contributed by atoms with Gasteiger partial charge in [0.2, 0.25) is 0 Å². The van der Waals surface area contributed by atoms with E-state index < -0.39 is 0 Å². The number of hydrogen-bond donors (Lipinski definition) is 1. The van der Waals surface area contributed by atoms with Crippen LogP contribution in [0.2, 0.25) is 0 Å². The van der Waals surface area contributed by atoms with Crippen LogP contribution in [0.4, 0.5) is 5.82 Å². The number of aromatic nitrogens is 2. The van der Waals surface area contributed by atoms with E-state index in [1.54, 1.807) is 18.6 Å². The van der Waals surface area contributed by atoms with Gasteiger partial charge in [0, 0.05) is 31.5 Å². The number of hydrogen-bond acceptors (Lipinski definition) is 4. The molecule has 1 atom stereocenters. The Morgan fingerprint density at radius 3 is 2.86 bits per heavy atom. The monoisotopic (exact) mass is 282 g/mol. The average Bonchev–Trinajstić information content (AvgIpc) is 2.56. The van der Waals surface area contributed by atoms with Crippen molar-refractivity contribution in [1.29, 1.82) is 0 Å². The highest BCUT2D eigenvalue weighted by molar-refractivity contribution is 5.30. The van der Waals surface area contributed by atoms with Crippen LogP contribution in [0.1, 0.15) is 24.8 Å². The third kappa shape index (κ3) is 4.02. The lowest BCUT2D eigenvalue weighted by Crippen LogP contribution is -2.43. The molecule has 0 spiro atoms. The second-order valence-electron chi connectivity index (χ2n) is 5.58. The summed E-state index contributed by atoms with van der Waals surface area (Å²) in [7, 11) is 0. The zero-order chi connectivity index (χ0) is 14.3. The third-order valence-corrected chi connectivity index (χ3v) is 4.06. The predicted molar refractivity (Wildman–Crippen MR) is 85.0 cm³/mol. The molecule has 4 nitrogen and oxygen atoms in total. The van der Waals surface area contributed by atoms with Crippen LogP contribution in [-0.4, -0.2) is 34.0 Å². The van der Waals surface area contributed by atoms with Crippen molar-refractivity contribution in [2.24, 2.45) is 0 Å². The first-order chi connectivity index (χ1) is 10.4. The summed E-state index contributed by atoms with van der Waals surface area (Å²) in [4.78, 5) is 11.0. The Hall–Kier alpha value is -1.94. The molecule has 4 heteroatoms. The summed E-state index contributed by atoms with van der Waals surface area (Å²) in [6.07, 6.45) is 9.08. The summed E-state index contributed by atoms with van der Waals surface area (Å²) >= 11 is 0. The lowest BCUT2D eigenvalue weighted by atomic mass is 10.0. The first-order valence-corrected chi connectivity index (χ1v) is 7.70. The van der Waals surface area contributed by atoms with Crippen molar-refractivity contribution in [3.63, 3.8) is 0 Å². The molecule has 2 heterocycles. The molecule has 0 aliphatic carbocycles. The van der Waals surface area contributed by atoms with Crippen LogP contribution in [0.3, 0.4) is 0 Å². The molecule has 1 aromatic carbocycles. The van der Waals surface area contributed by atoms with Crippen LogP contribution >= 0.6 is 0 Å². The van der Waals surface area contributed by atoms with Gasteiger partial charge in [0.05, 0.1) is 6.20 Å². The van der Waals surface area contributed by atoms with Crippen LogP contribution < -0.4 is 5.32 Å². The fourth-order valence-corrected chi connectivity index (χ4v) is 2.93. The minimum atomic E-state index is 0.570. The van der Waals surface area contributed by atoms with Crippen molar-refractivity contribution < 1.29 is 0 Å². The summed E-state index contributed by atoms with van der Waals surface area (Å²) in [6, 6.07) is 11.3. The smallest absolute Gasteiger partial charge is 0.144 e. The Morgan fingerprint density at radius 1 is 1.14 bits per heavy atom. The van der Waals surface area contributed by atoms with E-state index in [0.717, 1.165) is 18.9 Å². The van der Waals surface area contributed by atoms with Gasteiger partial charge in [-0.1, -0.05) is 36.8 Å². The molecule has 0 amide bonds. The van der Waals surface area contributed by atoms with Gasteiger partial charge in [-0.25, -0.2) is 4.98 Å². The molecular formula is C17H22N4. The summed E-state index contributed by atoms with van der Waals surface area (Å²) < 4.78 is 0. The van der Waals surface area contributed by atoms with Crippen molar-refractivity contribution in [2.75, 3.05) is 18.4 Å². The Kier molecular flexibility index (Phi) is 4.79. The highest BCUT2D eigenvalue weighted by Crippen LogP contribution is 2.20. The zero-order valence-electron chi connectivity index (χ0n) is 12.3. The number of nitrogens with one attached hydrogen (secondary N) is 1. The van der Waals surface area contributed by atoms with Gasteiger partial charge in [-0.3, -0.25) is 9.88 Å². The van der Waals surface area contributed by atoms with E-state index in [4.69, 9.17) is 0 Å². The number of nitrogens with zero attached hydrogens (tertiary/aromatic N) is 3. The molecule has 1 fully saturated rings. The normalized spacial score (nSPS) is 19.3. The maximum Gasteiger partial charge on any atom is 0.144 e. The molecule has 1 aromatic heterocycles. The van der Waals surface area contributed by atoms with Crippen molar-refractivity contribution >= 4 is 5.82 Å². The van der Waals surface area contributed by atoms with Crippen molar-refractivity contribution in [2.45, 2.75) is 31.8 Å². The molecule has 1 unspecified atom stereocenters. The van der Waals surface area contributed by atoms with Crippen molar-refractivity contribution in [1.82, 2.24) is 14.9 Å². The van der Waals surface area contributed by atoms with Crippen molar-refractivity contribution in [3.8, 4) is 0 Å². The van der Waals surface area contributed by atoms with Gasteiger partial charge in [0.25, 0.3) is 0 Å². The number of piperidine rings is 1. The molecule has 110 valence electrons. The van der Waals surface area contributed by atoms with E-state index in [1.165, 1.54) is 31.4 Å². The Balaban J connectivity index is 1.59. The number of anilines is 1. The Morgan fingerprint density at radius 2 is 2.05 bits per heavy atom. The lowest BCUT2D eigenvalue weighted by Gasteiger charge is -2.36. The fourth-order valence-electron chi connectivity index (χ4n) is 2.93. The van der Waals surface area contributed by atoms with Crippen molar-refractivity contribution in [3.05, 3.63) is 54.5 Å². The average molecular weight is 282 g/mol. The molecule has 2 aromatic rings. The highest BCUT2D eigenvalue weighted by Gasteiger charge is 2.22. The topological polar surface area (TPSA) is 41.0 Å². The van der Waals surface area contributed by atoms with Gasteiger partial charge in [0.1, 0.15) is 5.82 Å². The van der Waals surface area contributed by atoms with E-state index in [9.17, 15) is 0 Å². The van der Waals surface area contributed by atoms with E-state index in [-0.39, 0.29) is 0 Å². The highest BCUT2D eigenvalue weighted by atomic mass is 15.2. The van der Waals surface area contributed by atoms with Gasteiger partial charge in [0.15, 0.2) is 0 Å². The van der Waals surface area contributed by atoms with Gasteiger partial charge < -0.3 is 5.32 Å². The van der Waals surface area contributed by atoms with Gasteiger partial charge in [-0.15, -0.1) is 0 Å². The molecule has 21 heavy (non-hydrogen) atoms. The van der Waals surface area contributed by atoms with Gasteiger partial charge in [-0.05, 0) is 24.9 Å². The molecule has 1 aliphatic heterocycles. The minimum absolute atomic E-state index is 0.570. The fraction of sp³-hybridized carbons (Fsp3) is 0.412. The summed E-state index contributed by atoms with van der Waals surface area (Å²) in [5, 5.41) is 3.41. The minimum Gasteiger partial charge on any atom is -0.367 e. The van der Waals surface area contributed by atoms with E-state index in [0.29, 0.717) is 6.04 Å². The zero-order valence-corrected chi connectivity index (χ0v) is 12.3. The van der Waals surface area contributed by atoms with Gasteiger partial charge >= 0.3 is 0 Å². The third-order valence-electron chi connectivity index (χ3n) is 4.06. The molecule has 0 radical (unpaired) electrons. The number of likely N-dealkylation sites (tertiary alicyclic amines) is 1. The first kappa shape index (κ1) is 14.0. The predicted octanol–water partition coefficient (Wildman–Crippen LogP) is 2.94. The molecule has 1 aliphatic rings. The number of rotatable bonds is 5. The second kappa shape index (κ2) is 7.18. The Labute approximate surface area is 126 Å². The molecule has 1 saturated heterocycles. The SMILES string of the molecule is c1ccc(CN2CCCCC2CNc2cnccn2)cc1. The number of benzene rings is 1. The molecule has 3 rings (SSSR count). The van der Waals surface area contributed by atoms with Crippen LogP contribution in [0.25, 0.3) is 0 Å². The summed E-state index contributed by atoms with van der Waals surface area (Å²) in [5.41, 5.74) is 1.39. The van der Waals surface area contributed by atoms with Crippen LogP contribution in [0.5, 0.6) is 0 Å². The van der Waals surface area contributed by atoms with Crippen LogP contribution in [0.15, 0.2) is 48.9 Å². The first-order valence-electron chi connectivity index (χ1n) is 7.70. The van der Waals surface area contributed by atoms with Crippen LogP contribution in [-0.2, 0) is 6.54 Å². The maximum absolute atomic E-state index is 4.28. The molecule has 0 bridgehead atoms. The second-order valence-corrected chi connectivity index (χ2v) is 5.58. The van der Waals surface area contributed by atoms with Crippen LogP contribution in [0, 0.1) is 0 Å². The van der Waals surface area contributed by atoms with E-state index in [1.807, 2.05) is 0 Å². The summed E-state index contributed by atoms with van der Waals surface area (Å²) in [5.74, 6) is 0.864. The van der Waals surface area contributed by atoms with Gasteiger partial charge in [-0.2, -0.15) is 0 Å². The van der Waals surface area contributed by atoms with E-state index >= 15 is 0 Å². The Bertz CT molecular complexity index is 529. The van der Waals surface area contributed by atoms with E-state index in [2.05, 4.69) is 50.5 Å². The summed E-state index contributed by atoms with van der Waals surface area (Å²) in [6.45, 7) is 3.15. The largest absolute Gasteiger partial charge is 0.367 e. The lowest BCUT2D eigenvalue weighted by molar-refractivity contribution is 0.148. The maximum atomic E-state index is 4.28. The standard InChI is InChI=1S/C17H22N4/c1-2-6-15(7-3-1)14-21-11-5-4-8-16(21)12-20-17-13-18-9-10-19-17/h1-3,6-7,9-10,13,16H,4-5,8,11-12,14H2,(H,19,20). The molecule has 0 saturated carbocycles. The quantitative estimate of drug-likeness (QED) is 0.915.